The molecule has 4 aromatic rings. The van der Waals surface area contributed by atoms with Crippen molar-refractivity contribution < 1.29 is 13.9 Å². The third-order valence-corrected chi connectivity index (χ3v) is 4.49. The molecule has 0 amide bonds. The summed E-state index contributed by atoms with van der Waals surface area (Å²) in [5, 5.41) is 3.42. The molecule has 0 atom stereocenters. The fourth-order valence-corrected chi connectivity index (χ4v) is 3.10. The maximum atomic E-state index is 14.7. The highest BCUT2D eigenvalue weighted by molar-refractivity contribution is 6.17. The number of rotatable bonds is 6. The minimum atomic E-state index is -0.833. The van der Waals surface area contributed by atoms with E-state index in [1.54, 1.807) is 38.7 Å². The largest absolute Gasteiger partial charge is 0.495 e. The van der Waals surface area contributed by atoms with Gasteiger partial charge in [0.25, 0.3) is 0 Å². The zero-order valence-electron chi connectivity index (χ0n) is 15.7. The molecule has 0 radical (unpaired) electrons. The first-order valence-electron chi connectivity index (χ1n) is 8.78. The highest BCUT2D eigenvalue weighted by atomic mass is 19.1. The molecule has 146 valence electrons. The predicted molar refractivity (Wildman–Crippen MR) is 105 cm³/mol. The molecule has 4 aromatic heterocycles. The Hall–Kier alpha value is -3.88. The van der Waals surface area contributed by atoms with Crippen molar-refractivity contribution in [1.29, 1.82) is 0 Å². The summed E-state index contributed by atoms with van der Waals surface area (Å²) in [6.07, 6.45) is 6.48. The van der Waals surface area contributed by atoms with Crippen molar-refractivity contribution >= 4 is 22.6 Å². The van der Waals surface area contributed by atoms with E-state index < -0.39 is 11.7 Å². The molecule has 9 heteroatoms. The van der Waals surface area contributed by atoms with Crippen molar-refractivity contribution in [2.24, 2.45) is 0 Å². The number of hydrogen-bond donors (Lipinski definition) is 2. The number of nitrogens with zero attached hydrogens (tertiary/aromatic N) is 4. The molecule has 4 heterocycles. The third kappa shape index (κ3) is 3.49. The molecular weight excluding hydrogens is 375 g/mol. The summed E-state index contributed by atoms with van der Waals surface area (Å²) in [5.41, 5.74) is 1.94. The SMILES string of the molecule is CNc1ncnc2[nH]cc(C(=O)c3ccc(Cc4cncc(OC)c4)nc3F)c12. The lowest BCUT2D eigenvalue weighted by Crippen LogP contribution is -2.08. The summed E-state index contributed by atoms with van der Waals surface area (Å²) in [4.78, 5) is 32.1. The van der Waals surface area contributed by atoms with Gasteiger partial charge in [0.1, 0.15) is 23.5 Å². The lowest BCUT2D eigenvalue weighted by Gasteiger charge is -2.07. The average Bonchev–Trinajstić information content (AvgIpc) is 3.18. The summed E-state index contributed by atoms with van der Waals surface area (Å²) in [7, 11) is 3.24. The first-order chi connectivity index (χ1) is 14.1. The second kappa shape index (κ2) is 7.63. The number of nitrogens with one attached hydrogen (secondary N) is 2. The number of ketones is 1. The first kappa shape index (κ1) is 18.5. The minimum Gasteiger partial charge on any atom is -0.495 e. The second-order valence-electron chi connectivity index (χ2n) is 6.28. The zero-order valence-corrected chi connectivity index (χ0v) is 15.7. The van der Waals surface area contributed by atoms with Crippen LogP contribution in [0.15, 0.2) is 43.1 Å². The molecule has 2 N–H and O–H groups in total. The van der Waals surface area contributed by atoms with Gasteiger partial charge in [-0.3, -0.25) is 9.78 Å². The molecule has 0 aromatic carbocycles. The van der Waals surface area contributed by atoms with Crippen LogP contribution in [0.25, 0.3) is 11.0 Å². The van der Waals surface area contributed by atoms with Gasteiger partial charge in [-0.05, 0) is 23.8 Å². The topological polar surface area (TPSA) is 106 Å². The molecule has 29 heavy (non-hydrogen) atoms. The third-order valence-electron chi connectivity index (χ3n) is 4.49. The van der Waals surface area contributed by atoms with Crippen LogP contribution in [0, 0.1) is 5.95 Å². The Balaban J connectivity index is 1.65. The predicted octanol–water partition coefficient (Wildman–Crippen LogP) is 2.76. The molecule has 0 bridgehead atoms. The van der Waals surface area contributed by atoms with Crippen molar-refractivity contribution in [3.8, 4) is 5.75 Å². The van der Waals surface area contributed by atoms with Crippen LogP contribution < -0.4 is 10.1 Å². The van der Waals surface area contributed by atoms with Crippen LogP contribution in [0.5, 0.6) is 5.75 Å². The maximum Gasteiger partial charge on any atom is 0.224 e. The number of aromatic amines is 1. The average molecular weight is 392 g/mol. The summed E-state index contributed by atoms with van der Waals surface area (Å²) in [6, 6.07) is 4.87. The number of fused-ring (bicyclic) bond motifs is 1. The van der Waals surface area contributed by atoms with Gasteiger partial charge < -0.3 is 15.0 Å². The van der Waals surface area contributed by atoms with E-state index in [-0.39, 0.29) is 11.1 Å². The van der Waals surface area contributed by atoms with Crippen molar-refractivity contribution in [1.82, 2.24) is 24.9 Å². The summed E-state index contributed by atoms with van der Waals surface area (Å²) >= 11 is 0. The number of pyridine rings is 2. The Morgan fingerprint density at radius 2 is 2.10 bits per heavy atom. The van der Waals surface area contributed by atoms with Crippen LogP contribution in [0.4, 0.5) is 10.2 Å². The van der Waals surface area contributed by atoms with Gasteiger partial charge in [0.2, 0.25) is 5.95 Å². The molecule has 0 spiro atoms. The number of carbonyl (C=O) groups excluding carboxylic acids is 1. The Labute approximate surface area is 165 Å². The van der Waals surface area contributed by atoms with Gasteiger partial charge in [0, 0.05) is 31.6 Å². The van der Waals surface area contributed by atoms with Gasteiger partial charge in [-0.2, -0.15) is 4.39 Å². The van der Waals surface area contributed by atoms with E-state index in [4.69, 9.17) is 4.74 Å². The standard InChI is InChI=1S/C20H17FN6O2/c1-22-19-16-15(9-24-20(16)26-10-25-19)17(28)14-4-3-12(27-18(14)21)5-11-6-13(29-2)8-23-7-11/h3-4,6-10H,5H2,1-2H3,(H2,22,24,25,26). The number of H-pyrrole nitrogens is 1. The van der Waals surface area contributed by atoms with E-state index in [2.05, 4.69) is 30.2 Å². The van der Waals surface area contributed by atoms with Crippen molar-refractivity contribution in [3.63, 3.8) is 0 Å². The van der Waals surface area contributed by atoms with Crippen LogP contribution in [0.2, 0.25) is 0 Å². The van der Waals surface area contributed by atoms with Crippen LogP contribution in [0.3, 0.4) is 0 Å². The van der Waals surface area contributed by atoms with E-state index in [9.17, 15) is 9.18 Å². The van der Waals surface area contributed by atoms with E-state index in [1.165, 1.54) is 18.6 Å². The monoisotopic (exact) mass is 392 g/mol. The summed E-state index contributed by atoms with van der Waals surface area (Å²) in [6.45, 7) is 0. The van der Waals surface area contributed by atoms with Gasteiger partial charge in [-0.1, -0.05) is 0 Å². The van der Waals surface area contributed by atoms with Crippen LogP contribution in [-0.2, 0) is 6.42 Å². The second-order valence-corrected chi connectivity index (χ2v) is 6.28. The smallest absolute Gasteiger partial charge is 0.224 e. The molecule has 0 fully saturated rings. The number of anilines is 1. The van der Waals surface area contributed by atoms with Gasteiger partial charge in [0.05, 0.1) is 29.8 Å². The van der Waals surface area contributed by atoms with E-state index in [0.29, 0.717) is 34.7 Å². The maximum absolute atomic E-state index is 14.7. The van der Waals surface area contributed by atoms with Gasteiger partial charge in [0.15, 0.2) is 5.78 Å². The lowest BCUT2D eigenvalue weighted by molar-refractivity contribution is 0.103. The Morgan fingerprint density at radius 3 is 2.86 bits per heavy atom. The van der Waals surface area contributed by atoms with Crippen LogP contribution in [-0.4, -0.2) is 44.9 Å². The Morgan fingerprint density at radius 1 is 1.24 bits per heavy atom. The molecule has 8 nitrogen and oxygen atoms in total. The van der Waals surface area contributed by atoms with Crippen LogP contribution in [0.1, 0.15) is 27.2 Å². The van der Waals surface area contributed by atoms with Crippen molar-refractivity contribution in [2.75, 3.05) is 19.5 Å². The number of carbonyl (C=O) groups is 1. The van der Waals surface area contributed by atoms with E-state index >= 15 is 0 Å². The highest BCUT2D eigenvalue weighted by Crippen LogP contribution is 2.26. The zero-order chi connectivity index (χ0) is 20.4. The van der Waals surface area contributed by atoms with Crippen molar-refractivity contribution in [2.45, 2.75) is 6.42 Å². The van der Waals surface area contributed by atoms with Gasteiger partial charge in [-0.15, -0.1) is 0 Å². The molecular formula is C20H17FN6O2. The molecule has 0 aliphatic heterocycles. The molecule has 0 saturated heterocycles. The van der Waals surface area contributed by atoms with Crippen molar-refractivity contribution in [3.05, 3.63) is 71.4 Å². The summed E-state index contributed by atoms with van der Waals surface area (Å²) < 4.78 is 19.8. The number of hydrogen-bond acceptors (Lipinski definition) is 7. The fourth-order valence-electron chi connectivity index (χ4n) is 3.10. The first-order valence-corrected chi connectivity index (χ1v) is 8.78. The highest BCUT2D eigenvalue weighted by Gasteiger charge is 2.21. The number of methoxy groups -OCH3 is 1. The molecule has 0 aliphatic rings. The van der Waals surface area contributed by atoms with E-state index in [1.807, 2.05) is 0 Å². The normalized spacial score (nSPS) is 10.9. The number of ether oxygens (including phenoxy) is 1. The Kier molecular flexibility index (Phi) is 4.86. The quantitative estimate of drug-likeness (QED) is 0.384. The number of aromatic nitrogens is 5. The van der Waals surface area contributed by atoms with Crippen LogP contribution >= 0.6 is 0 Å². The lowest BCUT2D eigenvalue weighted by atomic mass is 10.0. The Bertz CT molecular complexity index is 1210. The molecule has 4 rings (SSSR count). The number of halogens is 1. The van der Waals surface area contributed by atoms with Gasteiger partial charge >= 0.3 is 0 Å². The molecule has 0 saturated carbocycles. The molecule has 0 aliphatic carbocycles. The fraction of sp³-hybridized carbons (Fsp3) is 0.150. The molecule has 0 unspecified atom stereocenters. The summed E-state index contributed by atoms with van der Waals surface area (Å²) in [5.74, 6) is -0.241. The van der Waals surface area contributed by atoms with E-state index in [0.717, 1.165) is 5.56 Å². The van der Waals surface area contributed by atoms with Gasteiger partial charge in [-0.25, -0.2) is 15.0 Å². The minimum absolute atomic E-state index is 0.121.